The van der Waals surface area contributed by atoms with Gasteiger partial charge in [0.05, 0.1) is 6.61 Å². The van der Waals surface area contributed by atoms with Gasteiger partial charge in [-0.3, -0.25) is 0 Å². The van der Waals surface area contributed by atoms with E-state index >= 15 is 0 Å². The molecule has 0 saturated heterocycles. The summed E-state index contributed by atoms with van der Waals surface area (Å²) >= 11 is 0. The Bertz CT molecular complexity index is 72.1. The van der Waals surface area contributed by atoms with Gasteiger partial charge in [-0.05, 0) is 6.08 Å². The maximum Gasteiger partial charge on any atom is 0.123 e. The summed E-state index contributed by atoms with van der Waals surface area (Å²) < 4.78 is 11.7. The second-order valence-electron chi connectivity index (χ2n) is 1.04. The molecule has 0 radical (unpaired) electrons. The first-order valence-corrected chi connectivity index (χ1v) is 1.96. The maximum atomic E-state index is 11.7. The molecule has 0 aromatic carbocycles. The summed E-state index contributed by atoms with van der Waals surface area (Å²) in [5, 5.41) is 7.97. The third-order valence-electron chi connectivity index (χ3n) is 0.490. The van der Waals surface area contributed by atoms with E-state index in [9.17, 15) is 4.39 Å². The molecule has 0 rings (SSSR count). The molecule has 0 saturated carbocycles. The number of hydrogen-bond donors (Lipinski definition) is 2. The van der Waals surface area contributed by atoms with Gasteiger partial charge in [0.2, 0.25) is 0 Å². The fourth-order valence-corrected chi connectivity index (χ4v) is 0.192. The molecular weight excluding hydrogens is 97.0 g/mol. The number of nitrogens with two attached hydrogens (primary N) is 1. The second kappa shape index (κ2) is 3.77. The van der Waals surface area contributed by atoms with Crippen LogP contribution in [0.5, 0.6) is 0 Å². The molecule has 2 nitrogen and oxygen atoms in total. The minimum Gasteiger partial charge on any atom is -0.389 e. The Morgan fingerprint density at radius 3 is 2.57 bits per heavy atom. The van der Waals surface area contributed by atoms with Gasteiger partial charge in [0.25, 0.3) is 0 Å². The van der Waals surface area contributed by atoms with Crippen LogP contribution in [0.15, 0.2) is 11.9 Å². The Morgan fingerprint density at radius 1 is 1.86 bits per heavy atom. The summed E-state index contributed by atoms with van der Waals surface area (Å²) in [6, 6.07) is 0. The van der Waals surface area contributed by atoms with Crippen molar-refractivity contribution < 1.29 is 9.50 Å². The van der Waals surface area contributed by atoms with E-state index in [1.54, 1.807) is 0 Å². The molecule has 42 valence electrons. The standard InChI is InChI=1S/C4H8FNO/c5-4(3-7)1-2-6/h1,7H,2-3,6H2/b4-1+. The third-order valence-corrected chi connectivity index (χ3v) is 0.490. The van der Waals surface area contributed by atoms with Gasteiger partial charge in [-0.15, -0.1) is 0 Å². The van der Waals surface area contributed by atoms with E-state index in [4.69, 9.17) is 10.8 Å². The van der Waals surface area contributed by atoms with Crippen molar-refractivity contribution in [2.75, 3.05) is 13.2 Å². The van der Waals surface area contributed by atoms with E-state index in [-0.39, 0.29) is 6.54 Å². The molecule has 3 N–H and O–H groups in total. The SMILES string of the molecule is NC/C=C(/F)CO. The lowest BCUT2D eigenvalue weighted by Crippen LogP contribution is -1.95. The largest absolute Gasteiger partial charge is 0.389 e. The molecule has 0 bridgehead atoms. The van der Waals surface area contributed by atoms with Crippen LogP contribution in [-0.4, -0.2) is 18.3 Å². The molecular formula is C4H8FNO. The molecule has 0 spiro atoms. The van der Waals surface area contributed by atoms with Crippen LogP contribution in [0, 0.1) is 0 Å². The summed E-state index contributed by atoms with van der Waals surface area (Å²) in [7, 11) is 0. The molecule has 0 aromatic rings. The zero-order valence-electron chi connectivity index (χ0n) is 3.89. The van der Waals surface area contributed by atoms with Gasteiger partial charge in [0.1, 0.15) is 5.83 Å². The molecule has 0 aromatic heterocycles. The Morgan fingerprint density at radius 2 is 2.43 bits per heavy atom. The summed E-state index contributed by atoms with van der Waals surface area (Å²) in [6.45, 7) is -0.399. The molecule has 0 aliphatic carbocycles. The van der Waals surface area contributed by atoms with E-state index in [0.717, 1.165) is 6.08 Å². The second-order valence-corrected chi connectivity index (χ2v) is 1.04. The van der Waals surface area contributed by atoms with Gasteiger partial charge in [-0.1, -0.05) is 0 Å². The van der Waals surface area contributed by atoms with Crippen molar-refractivity contribution in [2.45, 2.75) is 0 Å². The van der Waals surface area contributed by atoms with Crippen molar-refractivity contribution in [3.05, 3.63) is 11.9 Å². The van der Waals surface area contributed by atoms with Gasteiger partial charge in [-0.25, -0.2) is 4.39 Å². The van der Waals surface area contributed by atoms with Gasteiger partial charge in [0, 0.05) is 6.54 Å². The Kier molecular flexibility index (Phi) is 3.55. The maximum absolute atomic E-state index is 11.7. The van der Waals surface area contributed by atoms with Gasteiger partial charge in [0.15, 0.2) is 0 Å². The predicted molar refractivity (Wildman–Crippen MR) is 25.3 cm³/mol. The molecule has 0 aliphatic rings. The zero-order chi connectivity index (χ0) is 5.70. The molecule has 0 aliphatic heterocycles. The van der Waals surface area contributed by atoms with Crippen LogP contribution in [0.2, 0.25) is 0 Å². The van der Waals surface area contributed by atoms with E-state index in [0.29, 0.717) is 0 Å². The van der Waals surface area contributed by atoms with Crippen LogP contribution in [0.25, 0.3) is 0 Å². The van der Waals surface area contributed by atoms with E-state index in [2.05, 4.69) is 0 Å². The lowest BCUT2D eigenvalue weighted by Gasteiger charge is -1.83. The van der Waals surface area contributed by atoms with Crippen molar-refractivity contribution in [3.8, 4) is 0 Å². The van der Waals surface area contributed by atoms with Crippen LogP contribution in [0.3, 0.4) is 0 Å². The average molecular weight is 105 g/mol. The van der Waals surface area contributed by atoms with Crippen LogP contribution in [0.1, 0.15) is 0 Å². The van der Waals surface area contributed by atoms with Gasteiger partial charge < -0.3 is 10.8 Å². The van der Waals surface area contributed by atoms with E-state index < -0.39 is 12.4 Å². The quantitative estimate of drug-likeness (QED) is 0.510. The highest BCUT2D eigenvalue weighted by molar-refractivity contribution is 4.91. The van der Waals surface area contributed by atoms with Crippen molar-refractivity contribution in [2.24, 2.45) is 5.73 Å². The molecule has 0 unspecified atom stereocenters. The van der Waals surface area contributed by atoms with Crippen molar-refractivity contribution >= 4 is 0 Å². The van der Waals surface area contributed by atoms with Crippen LogP contribution < -0.4 is 5.73 Å². The van der Waals surface area contributed by atoms with Crippen molar-refractivity contribution in [1.29, 1.82) is 0 Å². The molecule has 0 atom stereocenters. The Balaban J connectivity index is 3.29. The highest BCUT2D eigenvalue weighted by Crippen LogP contribution is 1.89. The molecule has 0 amide bonds. The van der Waals surface area contributed by atoms with Crippen LogP contribution in [-0.2, 0) is 0 Å². The number of aliphatic hydroxyl groups is 1. The first-order valence-electron chi connectivity index (χ1n) is 1.96. The van der Waals surface area contributed by atoms with E-state index in [1.807, 2.05) is 0 Å². The van der Waals surface area contributed by atoms with Gasteiger partial charge >= 0.3 is 0 Å². The van der Waals surface area contributed by atoms with Gasteiger partial charge in [-0.2, -0.15) is 0 Å². The van der Waals surface area contributed by atoms with Crippen LogP contribution in [0.4, 0.5) is 4.39 Å². The molecule has 0 fully saturated rings. The van der Waals surface area contributed by atoms with Crippen molar-refractivity contribution in [1.82, 2.24) is 0 Å². The first-order chi connectivity index (χ1) is 3.31. The van der Waals surface area contributed by atoms with Crippen molar-refractivity contribution in [3.63, 3.8) is 0 Å². The predicted octanol–water partition coefficient (Wildman–Crippen LogP) is -0.209. The highest BCUT2D eigenvalue weighted by Gasteiger charge is 1.83. The summed E-state index contributed by atoms with van der Waals surface area (Å²) in [5.74, 6) is -0.567. The lowest BCUT2D eigenvalue weighted by molar-refractivity contribution is 0.297. The summed E-state index contributed by atoms with van der Waals surface area (Å²) in [6.07, 6.45) is 1.12. The fourth-order valence-electron chi connectivity index (χ4n) is 0.192. The summed E-state index contributed by atoms with van der Waals surface area (Å²) in [4.78, 5) is 0. The summed E-state index contributed by atoms with van der Waals surface area (Å²) in [5.41, 5.74) is 4.88. The van der Waals surface area contributed by atoms with Crippen LogP contribution >= 0.6 is 0 Å². The number of halogens is 1. The molecule has 7 heavy (non-hydrogen) atoms. The minimum absolute atomic E-state index is 0.145. The third kappa shape index (κ3) is 3.42. The number of hydrogen-bond acceptors (Lipinski definition) is 2. The fraction of sp³-hybridized carbons (Fsp3) is 0.500. The normalized spacial score (nSPS) is 12.1. The first kappa shape index (κ1) is 6.59. The monoisotopic (exact) mass is 105 g/mol. The number of rotatable bonds is 2. The smallest absolute Gasteiger partial charge is 0.123 e. The number of aliphatic hydroxyl groups excluding tert-OH is 1. The zero-order valence-corrected chi connectivity index (χ0v) is 3.89. The Labute approximate surface area is 41.4 Å². The Hall–Kier alpha value is -0.410. The average Bonchev–Trinajstić information content (AvgIpc) is 1.68. The lowest BCUT2D eigenvalue weighted by atomic mass is 10.5. The van der Waals surface area contributed by atoms with E-state index in [1.165, 1.54) is 0 Å². The molecule has 3 heteroatoms. The molecule has 0 heterocycles. The minimum atomic E-state index is -0.567. The topological polar surface area (TPSA) is 46.2 Å². The highest BCUT2D eigenvalue weighted by atomic mass is 19.1.